The van der Waals surface area contributed by atoms with Crippen molar-refractivity contribution in [3.05, 3.63) is 46.3 Å². The van der Waals surface area contributed by atoms with Crippen molar-refractivity contribution in [3.8, 4) is 11.4 Å². The van der Waals surface area contributed by atoms with Gasteiger partial charge in [-0.15, -0.1) is 0 Å². The fraction of sp³-hybridized carbons (Fsp3) is 0.308. The first kappa shape index (κ1) is 11.9. The van der Waals surface area contributed by atoms with Gasteiger partial charge in [0.15, 0.2) is 0 Å². The van der Waals surface area contributed by atoms with Gasteiger partial charge >= 0.3 is 0 Å². The zero-order chi connectivity index (χ0) is 13.2. The topological polar surface area (TPSA) is 83.8 Å². The quantitative estimate of drug-likeness (QED) is 0.654. The Morgan fingerprint density at radius 3 is 2.74 bits per heavy atom. The number of benzene rings is 1. The highest BCUT2D eigenvalue weighted by Gasteiger charge is 2.18. The molecule has 1 aromatic carbocycles. The van der Waals surface area contributed by atoms with Crippen LogP contribution in [0.25, 0.3) is 11.4 Å². The lowest BCUT2D eigenvalue weighted by Crippen LogP contribution is -2.12. The first-order chi connectivity index (χ1) is 9.24. The van der Waals surface area contributed by atoms with Crippen molar-refractivity contribution in [1.29, 1.82) is 0 Å². The fourth-order valence-electron chi connectivity index (χ4n) is 2.35. The molecule has 0 saturated carbocycles. The first-order valence-corrected chi connectivity index (χ1v) is 6.27. The molecule has 2 N–H and O–H groups in total. The summed E-state index contributed by atoms with van der Waals surface area (Å²) >= 11 is 0. The Morgan fingerprint density at radius 1 is 1.32 bits per heavy atom. The number of nitro benzene ring substituents is 1. The Morgan fingerprint density at radius 2 is 2.11 bits per heavy atom. The second kappa shape index (κ2) is 4.81. The van der Waals surface area contributed by atoms with Crippen molar-refractivity contribution in [2.24, 2.45) is 0 Å². The van der Waals surface area contributed by atoms with Gasteiger partial charge in [-0.3, -0.25) is 10.1 Å². The molecule has 98 valence electrons. The minimum absolute atomic E-state index is 0.0907. The summed E-state index contributed by atoms with van der Waals surface area (Å²) < 4.78 is 0. The Hall–Kier alpha value is -2.21. The Labute approximate surface area is 110 Å². The van der Waals surface area contributed by atoms with E-state index in [2.05, 4.69) is 15.3 Å². The van der Waals surface area contributed by atoms with Crippen LogP contribution in [0.2, 0.25) is 0 Å². The molecule has 1 aliphatic heterocycles. The van der Waals surface area contributed by atoms with Crippen LogP contribution in [0.5, 0.6) is 0 Å². The van der Waals surface area contributed by atoms with Crippen LogP contribution in [0.4, 0.5) is 5.69 Å². The van der Waals surface area contributed by atoms with Crippen LogP contribution in [-0.4, -0.2) is 21.4 Å². The maximum Gasteiger partial charge on any atom is 0.269 e. The minimum atomic E-state index is -0.403. The smallest absolute Gasteiger partial charge is 0.269 e. The van der Waals surface area contributed by atoms with Gasteiger partial charge < -0.3 is 10.3 Å². The predicted octanol–water partition coefficient (Wildman–Crippen LogP) is 2.41. The summed E-state index contributed by atoms with van der Waals surface area (Å²) in [6, 6.07) is 6.75. The van der Waals surface area contributed by atoms with Crippen molar-refractivity contribution in [2.75, 3.05) is 6.54 Å². The molecule has 0 bridgehead atoms. The molecule has 1 unspecified atom stereocenters. The number of nitro groups is 1. The highest BCUT2D eigenvalue weighted by molar-refractivity contribution is 5.57. The number of rotatable bonds is 3. The van der Waals surface area contributed by atoms with E-state index in [-0.39, 0.29) is 5.69 Å². The summed E-state index contributed by atoms with van der Waals surface area (Å²) in [6.45, 7) is 1.04. The van der Waals surface area contributed by atoms with E-state index < -0.39 is 4.92 Å². The molecule has 2 heterocycles. The van der Waals surface area contributed by atoms with Gasteiger partial charge in [0.25, 0.3) is 5.69 Å². The Kier molecular flexibility index (Phi) is 3.00. The number of imidazole rings is 1. The molecule has 1 aliphatic rings. The molecule has 6 heteroatoms. The second-order valence-corrected chi connectivity index (χ2v) is 4.64. The molecule has 1 fully saturated rings. The third-order valence-electron chi connectivity index (χ3n) is 3.38. The van der Waals surface area contributed by atoms with E-state index in [4.69, 9.17) is 0 Å². The van der Waals surface area contributed by atoms with Crippen LogP contribution < -0.4 is 5.32 Å². The number of non-ortho nitro benzene ring substituents is 1. The van der Waals surface area contributed by atoms with Crippen molar-refractivity contribution in [2.45, 2.75) is 18.9 Å². The largest absolute Gasteiger partial charge is 0.341 e. The lowest BCUT2D eigenvalue weighted by Gasteiger charge is -2.06. The van der Waals surface area contributed by atoms with Gasteiger partial charge in [0.1, 0.15) is 5.82 Å². The SMILES string of the molecule is O=[N+]([O-])c1ccc(-c2ncc(C3CCCN3)[nH]2)cc1. The summed E-state index contributed by atoms with van der Waals surface area (Å²) in [7, 11) is 0. The molecule has 0 radical (unpaired) electrons. The molecule has 0 amide bonds. The number of hydrogen-bond donors (Lipinski definition) is 2. The zero-order valence-corrected chi connectivity index (χ0v) is 10.3. The van der Waals surface area contributed by atoms with Crippen LogP contribution in [0.3, 0.4) is 0 Å². The molecule has 19 heavy (non-hydrogen) atoms. The lowest BCUT2D eigenvalue weighted by molar-refractivity contribution is -0.384. The first-order valence-electron chi connectivity index (χ1n) is 6.27. The highest BCUT2D eigenvalue weighted by Crippen LogP contribution is 2.25. The maximum absolute atomic E-state index is 10.6. The molecule has 1 saturated heterocycles. The molecule has 0 spiro atoms. The molecule has 1 atom stereocenters. The maximum atomic E-state index is 10.6. The van der Waals surface area contributed by atoms with Gasteiger partial charge in [0, 0.05) is 23.7 Å². The zero-order valence-electron chi connectivity index (χ0n) is 10.3. The summed E-state index contributed by atoms with van der Waals surface area (Å²) in [5, 5.41) is 14.0. The van der Waals surface area contributed by atoms with Crippen LogP contribution >= 0.6 is 0 Å². The third-order valence-corrected chi connectivity index (χ3v) is 3.38. The molecule has 6 nitrogen and oxygen atoms in total. The molecular formula is C13H14N4O2. The van der Waals surface area contributed by atoms with Gasteiger partial charge in [-0.2, -0.15) is 0 Å². The van der Waals surface area contributed by atoms with E-state index >= 15 is 0 Å². The normalized spacial score (nSPS) is 18.6. The van der Waals surface area contributed by atoms with E-state index in [0.29, 0.717) is 6.04 Å². The second-order valence-electron chi connectivity index (χ2n) is 4.64. The Bertz CT molecular complexity index is 585. The van der Waals surface area contributed by atoms with Crippen LogP contribution in [0.15, 0.2) is 30.5 Å². The highest BCUT2D eigenvalue weighted by atomic mass is 16.6. The number of aromatic nitrogens is 2. The summed E-state index contributed by atoms with van der Waals surface area (Å²) in [4.78, 5) is 17.8. The summed E-state index contributed by atoms with van der Waals surface area (Å²) in [5.74, 6) is 0.749. The number of aromatic amines is 1. The predicted molar refractivity (Wildman–Crippen MR) is 70.7 cm³/mol. The van der Waals surface area contributed by atoms with Crippen LogP contribution in [0, 0.1) is 10.1 Å². The van der Waals surface area contributed by atoms with Crippen molar-refractivity contribution >= 4 is 5.69 Å². The number of hydrogen-bond acceptors (Lipinski definition) is 4. The summed E-state index contributed by atoms with van der Waals surface area (Å²) in [6.07, 6.45) is 4.12. The molecule has 3 rings (SSSR count). The third kappa shape index (κ3) is 2.34. The van der Waals surface area contributed by atoms with E-state index in [1.807, 2.05) is 6.20 Å². The van der Waals surface area contributed by atoms with Gasteiger partial charge in [0.05, 0.1) is 16.8 Å². The van der Waals surface area contributed by atoms with Gasteiger partial charge in [-0.05, 0) is 31.5 Å². The minimum Gasteiger partial charge on any atom is -0.341 e. The van der Waals surface area contributed by atoms with E-state index in [0.717, 1.165) is 30.0 Å². The van der Waals surface area contributed by atoms with E-state index in [9.17, 15) is 10.1 Å². The number of nitrogens with one attached hydrogen (secondary N) is 2. The standard InChI is InChI=1S/C13H14N4O2/c18-17(19)10-5-3-9(4-6-10)13-15-8-12(16-13)11-2-1-7-14-11/h3-6,8,11,14H,1-2,7H2,(H,15,16). The Balaban J connectivity index is 1.83. The van der Waals surface area contributed by atoms with Crippen molar-refractivity contribution in [1.82, 2.24) is 15.3 Å². The number of H-pyrrole nitrogens is 1. The van der Waals surface area contributed by atoms with Crippen molar-refractivity contribution in [3.63, 3.8) is 0 Å². The van der Waals surface area contributed by atoms with Crippen LogP contribution in [-0.2, 0) is 0 Å². The van der Waals surface area contributed by atoms with Crippen molar-refractivity contribution < 1.29 is 4.92 Å². The van der Waals surface area contributed by atoms with Gasteiger partial charge in [-0.25, -0.2) is 4.98 Å². The van der Waals surface area contributed by atoms with Crippen LogP contribution in [0.1, 0.15) is 24.6 Å². The molecule has 0 aliphatic carbocycles. The van der Waals surface area contributed by atoms with Gasteiger partial charge in [0.2, 0.25) is 0 Å². The summed E-state index contributed by atoms with van der Waals surface area (Å²) in [5.41, 5.74) is 2.02. The van der Waals surface area contributed by atoms with Gasteiger partial charge in [-0.1, -0.05) is 0 Å². The molecule has 2 aromatic rings. The van der Waals surface area contributed by atoms with E-state index in [1.165, 1.54) is 18.6 Å². The fourth-order valence-corrected chi connectivity index (χ4v) is 2.35. The molecular weight excluding hydrogens is 244 g/mol. The molecule has 1 aromatic heterocycles. The average molecular weight is 258 g/mol. The number of nitrogens with zero attached hydrogens (tertiary/aromatic N) is 2. The monoisotopic (exact) mass is 258 g/mol. The average Bonchev–Trinajstić information content (AvgIpc) is 3.10. The van der Waals surface area contributed by atoms with E-state index in [1.54, 1.807) is 12.1 Å². The lowest BCUT2D eigenvalue weighted by atomic mass is 10.2.